The molecule has 0 atom stereocenters. The molecule has 3 heteroatoms. The number of hydrogen-bond acceptors (Lipinski definition) is 2. The molecular formula is C12H17BrN2. The molecule has 0 radical (unpaired) electrons. The summed E-state index contributed by atoms with van der Waals surface area (Å²) in [6, 6.07) is 6.40. The summed E-state index contributed by atoms with van der Waals surface area (Å²) >= 11 is 3.53. The molecule has 0 aliphatic carbocycles. The van der Waals surface area contributed by atoms with Crippen LogP contribution >= 0.6 is 15.9 Å². The fraction of sp³-hybridized carbons (Fsp3) is 0.500. The summed E-state index contributed by atoms with van der Waals surface area (Å²) in [4.78, 5) is 2.45. The van der Waals surface area contributed by atoms with Crippen LogP contribution in [-0.4, -0.2) is 18.6 Å². The molecule has 82 valence electrons. The Kier molecular flexibility index (Phi) is 2.67. The van der Waals surface area contributed by atoms with Gasteiger partial charge in [-0.05, 0) is 39.0 Å². The van der Waals surface area contributed by atoms with E-state index >= 15 is 0 Å². The molecule has 2 nitrogen and oxygen atoms in total. The minimum Gasteiger partial charge on any atom is -0.382 e. The maximum absolute atomic E-state index is 3.53. The van der Waals surface area contributed by atoms with E-state index in [0.717, 1.165) is 17.6 Å². The highest BCUT2D eigenvalue weighted by Crippen LogP contribution is 2.35. The number of hydrogen-bond donors (Lipinski definition) is 1. The van der Waals surface area contributed by atoms with Gasteiger partial charge >= 0.3 is 0 Å². The third-order valence-corrected chi connectivity index (χ3v) is 3.20. The number of anilines is 2. The molecule has 0 unspecified atom stereocenters. The number of benzene rings is 1. The van der Waals surface area contributed by atoms with E-state index in [1.807, 2.05) is 0 Å². The molecule has 0 saturated heterocycles. The van der Waals surface area contributed by atoms with Crippen LogP contribution in [0, 0.1) is 0 Å². The van der Waals surface area contributed by atoms with Crippen LogP contribution in [0.4, 0.5) is 11.4 Å². The van der Waals surface area contributed by atoms with E-state index < -0.39 is 0 Å². The highest BCUT2D eigenvalue weighted by atomic mass is 79.9. The lowest BCUT2D eigenvalue weighted by atomic mass is 10.0. The predicted molar refractivity (Wildman–Crippen MR) is 69.7 cm³/mol. The number of fused-ring (bicyclic) bond motifs is 1. The standard InChI is InChI=1S/C12H17BrN2/c1-12(2,3)15-7-6-14-10-5-4-9(13)8-11(10)15/h4-5,8,14H,6-7H2,1-3H3. The Bertz CT molecular complexity index is 368. The third kappa shape index (κ3) is 2.12. The molecule has 15 heavy (non-hydrogen) atoms. The fourth-order valence-electron chi connectivity index (χ4n) is 2.00. The normalized spacial score (nSPS) is 15.9. The molecule has 0 spiro atoms. The van der Waals surface area contributed by atoms with Gasteiger partial charge in [0, 0.05) is 23.1 Å². The Labute approximate surface area is 99.8 Å². The van der Waals surface area contributed by atoms with Crippen molar-refractivity contribution in [3.05, 3.63) is 22.7 Å². The van der Waals surface area contributed by atoms with E-state index in [9.17, 15) is 0 Å². The van der Waals surface area contributed by atoms with Crippen LogP contribution in [0.1, 0.15) is 20.8 Å². The molecule has 1 aromatic rings. The Hall–Kier alpha value is -0.700. The zero-order valence-corrected chi connectivity index (χ0v) is 11.1. The van der Waals surface area contributed by atoms with E-state index in [1.165, 1.54) is 11.4 Å². The molecular weight excluding hydrogens is 252 g/mol. The first-order chi connectivity index (χ1) is 6.98. The number of halogens is 1. The Morgan fingerprint density at radius 3 is 2.73 bits per heavy atom. The van der Waals surface area contributed by atoms with Crippen molar-refractivity contribution in [3.63, 3.8) is 0 Å². The van der Waals surface area contributed by atoms with Crippen molar-refractivity contribution >= 4 is 27.3 Å². The molecule has 0 aromatic heterocycles. The largest absolute Gasteiger partial charge is 0.382 e. The first-order valence-corrected chi connectivity index (χ1v) is 6.09. The van der Waals surface area contributed by atoms with Crippen LogP contribution < -0.4 is 10.2 Å². The van der Waals surface area contributed by atoms with Crippen LogP contribution in [0.3, 0.4) is 0 Å². The fourth-order valence-corrected chi connectivity index (χ4v) is 2.35. The zero-order chi connectivity index (χ0) is 11.1. The average Bonchev–Trinajstić information content (AvgIpc) is 2.15. The van der Waals surface area contributed by atoms with Gasteiger partial charge in [-0.3, -0.25) is 0 Å². The van der Waals surface area contributed by atoms with Gasteiger partial charge in [0.1, 0.15) is 0 Å². The average molecular weight is 269 g/mol. The van der Waals surface area contributed by atoms with Crippen molar-refractivity contribution in [3.8, 4) is 0 Å². The SMILES string of the molecule is CC(C)(C)N1CCNc2ccc(Br)cc21. The summed E-state index contributed by atoms with van der Waals surface area (Å²) in [5.41, 5.74) is 2.71. The van der Waals surface area contributed by atoms with Crippen molar-refractivity contribution in [2.45, 2.75) is 26.3 Å². The lowest BCUT2D eigenvalue weighted by Gasteiger charge is -2.42. The van der Waals surface area contributed by atoms with Gasteiger partial charge in [0.25, 0.3) is 0 Å². The Morgan fingerprint density at radius 2 is 2.07 bits per heavy atom. The molecule has 1 aromatic carbocycles. The van der Waals surface area contributed by atoms with Crippen molar-refractivity contribution in [2.75, 3.05) is 23.3 Å². The summed E-state index contributed by atoms with van der Waals surface area (Å²) in [6.45, 7) is 8.84. The highest BCUT2D eigenvalue weighted by Gasteiger charge is 2.26. The lowest BCUT2D eigenvalue weighted by molar-refractivity contribution is 0.504. The maximum Gasteiger partial charge on any atom is 0.0618 e. The third-order valence-electron chi connectivity index (χ3n) is 2.71. The van der Waals surface area contributed by atoms with E-state index in [-0.39, 0.29) is 5.54 Å². The molecule has 0 amide bonds. The molecule has 1 aliphatic heterocycles. The molecule has 0 saturated carbocycles. The van der Waals surface area contributed by atoms with Crippen molar-refractivity contribution in [1.82, 2.24) is 0 Å². The van der Waals surface area contributed by atoms with E-state index in [4.69, 9.17) is 0 Å². The van der Waals surface area contributed by atoms with Gasteiger partial charge in [-0.2, -0.15) is 0 Å². The molecule has 1 heterocycles. The van der Waals surface area contributed by atoms with Crippen molar-refractivity contribution in [1.29, 1.82) is 0 Å². The van der Waals surface area contributed by atoms with Gasteiger partial charge in [0.2, 0.25) is 0 Å². The molecule has 0 bridgehead atoms. The second-order valence-electron chi connectivity index (χ2n) is 4.91. The Balaban J connectivity index is 2.45. The van der Waals surface area contributed by atoms with Crippen molar-refractivity contribution in [2.24, 2.45) is 0 Å². The first kappa shape index (κ1) is 10.8. The van der Waals surface area contributed by atoms with Gasteiger partial charge in [0.15, 0.2) is 0 Å². The van der Waals surface area contributed by atoms with Gasteiger partial charge in [-0.25, -0.2) is 0 Å². The summed E-state index contributed by atoms with van der Waals surface area (Å²) in [5, 5.41) is 3.43. The summed E-state index contributed by atoms with van der Waals surface area (Å²) in [5.74, 6) is 0. The molecule has 2 rings (SSSR count). The van der Waals surface area contributed by atoms with E-state index in [1.54, 1.807) is 0 Å². The molecule has 1 N–H and O–H groups in total. The number of nitrogens with one attached hydrogen (secondary N) is 1. The topological polar surface area (TPSA) is 15.3 Å². The summed E-state index contributed by atoms with van der Waals surface area (Å²) in [7, 11) is 0. The van der Waals surface area contributed by atoms with Crippen LogP contribution in [0.5, 0.6) is 0 Å². The second kappa shape index (κ2) is 3.71. The first-order valence-electron chi connectivity index (χ1n) is 5.29. The monoisotopic (exact) mass is 268 g/mol. The highest BCUT2D eigenvalue weighted by molar-refractivity contribution is 9.10. The minimum atomic E-state index is 0.178. The quantitative estimate of drug-likeness (QED) is 0.775. The smallest absolute Gasteiger partial charge is 0.0618 e. The van der Waals surface area contributed by atoms with Crippen molar-refractivity contribution < 1.29 is 0 Å². The van der Waals surface area contributed by atoms with Crippen LogP contribution in [0.15, 0.2) is 22.7 Å². The van der Waals surface area contributed by atoms with Gasteiger partial charge in [-0.15, -0.1) is 0 Å². The summed E-state index contributed by atoms with van der Waals surface area (Å²) in [6.07, 6.45) is 0. The second-order valence-corrected chi connectivity index (χ2v) is 5.83. The minimum absolute atomic E-state index is 0.178. The van der Waals surface area contributed by atoms with Crippen LogP contribution in [-0.2, 0) is 0 Å². The van der Waals surface area contributed by atoms with E-state index in [0.29, 0.717) is 0 Å². The number of nitrogens with zero attached hydrogens (tertiary/aromatic N) is 1. The molecule has 1 aliphatic rings. The zero-order valence-electron chi connectivity index (χ0n) is 9.47. The summed E-state index contributed by atoms with van der Waals surface area (Å²) < 4.78 is 1.14. The van der Waals surface area contributed by atoms with Gasteiger partial charge in [0.05, 0.1) is 11.4 Å². The predicted octanol–water partition coefficient (Wildman–Crippen LogP) is 3.48. The molecule has 0 fully saturated rings. The van der Waals surface area contributed by atoms with Crippen LogP contribution in [0.2, 0.25) is 0 Å². The van der Waals surface area contributed by atoms with Gasteiger partial charge < -0.3 is 10.2 Å². The van der Waals surface area contributed by atoms with E-state index in [2.05, 4.69) is 65.1 Å². The van der Waals surface area contributed by atoms with Crippen LogP contribution in [0.25, 0.3) is 0 Å². The van der Waals surface area contributed by atoms with Gasteiger partial charge in [-0.1, -0.05) is 15.9 Å². The Morgan fingerprint density at radius 1 is 1.33 bits per heavy atom. The lowest BCUT2D eigenvalue weighted by Crippen LogP contribution is -2.46. The number of rotatable bonds is 0. The maximum atomic E-state index is 3.53.